The lowest BCUT2D eigenvalue weighted by Gasteiger charge is -2.15. The number of hydrogen-bond acceptors (Lipinski definition) is 2. The molecule has 0 amide bonds. The van der Waals surface area contributed by atoms with Crippen molar-refractivity contribution in [3.63, 3.8) is 0 Å². The van der Waals surface area contributed by atoms with Gasteiger partial charge in [-0.15, -0.1) is 0 Å². The van der Waals surface area contributed by atoms with Crippen molar-refractivity contribution >= 4 is 16.9 Å². The predicted octanol–water partition coefficient (Wildman–Crippen LogP) is 3.07. The van der Waals surface area contributed by atoms with Gasteiger partial charge in [-0.25, -0.2) is 0 Å². The Balaban J connectivity index is 1.22. The Morgan fingerprint density at radius 1 is 1.15 bits per heavy atom. The molecule has 1 aromatic carbocycles. The molecule has 1 saturated heterocycles. The third-order valence-electron chi connectivity index (χ3n) is 5.78. The third kappa shape index (κ3) is 4.83. The molecule has 2 aliphatic rings. The molecule has 2 heterocycles. The lowest BCUT2D eigenvalue weighted by molar-refractivity contribution is 0.315. The molecule has 5 heteroatoms. The van der Waals surface area contributed by atoms with E-state index in [0.29, 0.717) is 0 Å². The highest BCUT2D eigenvalue weighted by Crippen LogP contribution is 2.31. The van der Waals surface area contributed by atoms with Crippen LogP contribution in [-0.2, 0) is 6.54 Å². The van der Waals surface area contributed by atoms with E-state index in [0.717, 1.165) is 50.5 Å². The molecule has 1 atom stereocenters. The van der Waals surface area contributed by atoms with Crippen molar-refractivity contribution in [3.8, 4) is 0 Å². The van der Waals surface area contributed by atoms with Crippen molar-refractivity contribution < 1.29 is 0 Å². The quantitative estimate of drug-likeness (QED) is 0.428. The van der Waals surface area contributed by atoms with Crippen LogP contribution in [0.1, 0.15) is 32.6 Å². The molecular weight excluding hydrogens is 334 g/mol. The van der Waals surface area contributed by atoms with Crippen molar-refractivity contribution in [2.24, 2.45) is 10.9 Å². The molecule has 1 aliphatic heterocycles. The molecule has 2 fully saturated rings. The summed E-state index contributed by atoms with van der Waals surface area (Å²) in [6.07, 6.45) is 7.41. The largest absolute Gasteiger partial charge is 0.357 e. The summed E-state index contributed by atoms with van der Waals surface area (Å²) in [5.74, 6) is 1.70. The summed E-state index contributed by atoms with van der Waals surface area (Å²) in [7, 11) is 0. The van der Waals surface area contributed by atoms with Crippen molar-refractivity contribution in [2.75, 3.05) is 32.7 Å². The molecule has 0 bridgehead atoms. The fourth-order valence-electron chi connectivity index (χ4n) is 4.14. The first kappa shape index (κ1) is 18.4. The molecule has 2 N–H and O–H groups in total. The first-order valence-corrected chi connectivity index (χ1v) is 10.6. The standard InChI is InChI=1S/C22H33N5/c1-2-23-22(25-16-18-10-14-27(17-18)20-8-9-20)24-12-5-13-26-15-11-19-6-3-4-7-21(19)26/h3-4,6-7,11,15,18,20H,2,5,8-10,12-14,16-17H2,1H3,(H2,23,24,25). The Hall–Kier alpha value is -2.01. The van der Waals surface area contributed by atoms with Crippen LogP contribution in [0.4, 0.5) is 0 Å². The first-order valence-electron chi connectivity index (χ1n) is 10.6. The summed E-state index contributed by atoms with van der Waals surface area (Å²) in [6, 6.07) is 11.7. The molecule has 4 rings (SSSR count). The van der Waals surface area contributed by atoms with E-state index in [-0.39, 0.29) is 0 Å². The van der Waals surface area contributed by atoms with Gasteiger partial charge in [0, 0.05) is 50.5 Å². The molecule has 0 radical (unpaired) electrons. The van der Waals surface area contributed by atoms with Gasteiger partial charge in [-0.1, -0.05) is 18.2 Å². The minimum Gasteiger partial charge on any atom is -0.357 e. The van der Waals surface area contributed by atoms with Crippen molar-refractivity contribution in [2.45, 2.75) is 45.2 Å². The van der Waals surface area contributed by atoms with Gasteiger partial charge in [0.1, 0.15) is 0 Å². The van der Waals surface area contributed by atoms with E-state index in [1.807, 2.05) is 0 Å². The molecule has 1 aromatic heterocycles. The van der Waals surface area contributed by atoms with Crippen LogP contribution < -0.4 is 10.6 Å². The Morgan fingerprint density at radius 2 is 2.04 bits per heavy atom. The Kier molecular flexibility index (Phi) is 5.97. The second-order valence-electron chi connectivity index (χ2n) is 7.95. The van der Waals surface area contributed by atoms with Gasteiger partial charge in [-0.05, 0) is 62.6 Å². The maximum Gasteiger partial charge on any atom is 0.191 e. The van der Waals surface area contributed by atoms with Crippen molar-refractivity contribution in [1.29, 1.82) is 0 Å². The summed E-state index contributed by atoms with van der Waals surface area (Å²) in [5.41, 5.74) is 1.32. The monoisotopic (exact) mass is 367 g/mol. The van der Waals surface area contributed by atoms with Crippen LogP contribution in [0.15, 0.2) is 41.5 Å². The number of likely N-dealkylation sites (tertiary alicyclic amines) is 1. The molecule has 27 heavy (non-hydrogen) atoms. The van der Waals surface area contributed by atoms with Crippen LogP contribution in [0, 0.1) is 5.92 Å². The predicted molar refractivity (Wildman–Crippen MR) is 113 cm³/mol. The molecule has 5 nitrogen and oxygen atoms in total. The number of benzene rings is 1. The number of hydrogen-bond donors (Lipinski definition) is 2. The average molecular weight is 368 g/mol. The number of rotatable bonds is 8. The Morgan fingerprint density at radius 3 is 2.89 bits per heavy atom. The number of nitrogens with zero attached hydrogens (tertiary/aromatic N) is 3. The maximum atomic E-state index is 4.86. The maximum absolute atomic E-state index is 4.86. The van der Waals surface area contributed by atoms with Gasteiger partial charge in [0.2, 0.25) is 0 Å². The van der Waals surface area contributed by atoms with E-state index in [9.17, 15) is 0 Å². The molecule has 1 aliphatic carbocycles. The Bertz CT molecular complexity index is 761. The second kappa shape index (κ2) is 8.79. The number of aryl methyl sites for hydroxylation is 1. The van der Waals surface area contributed by atoms with E-state index in [2.05, 4.69) is 63.6 Å². The van der Waals surface area contributed by atoms with Crippen LogP contribution >= 0.6 is 0 Å². The smallest absolute Gasteiger partial charge is 0.191 e. The number of aliphatic imine (C=N–C) groups is 1. The summed E-state index contributed by atoms with van der Waals surface area (Å²) in [5, 5.41) is 8.22. The highest BCUT2D eigenvalue weighted by Gasteiger charge is 2.34. The Labute approximate surface area is 162 Å². The summed E-state index contributed by atoms with van der Waals surface area (Å²) < 4.78 is 2.34. The molecule has 2 aromatic rings. The molecule has 1 unspecified atom stereocenters. The van der Waals surface area contributed by atoms with Crippen LogP contribution in [0.5, 0.6) is 0 Å². The van der Waals surface area contributed by atoms with E-state index in [1.54, 1.807) is 0 Å². The topological polar surface area (TPSA) is 44.6 Å². The van der Waals surface area contributed by atoms with Gasteiger partial charge in [0.05, 0.1) is 0 Å². The lowest BCUT2D eigenvalue weighted by atomic mass is 10.1. The van der Waals surface area contributed by atoms with Crippen LogP contribution in [0.2, 0.25) is 0 Å². The van der Waals surface area contributed by atoms with Crippen LogP contribution in [0.3, 0.4) is 0 Å². The van der Waals surface area contributed by atoms with E-state index in [4.69, 9.17) is 4.99 Å². The average Bonchev–Trinajstić information content (AvgIpc) is 3.29. The van der Waals surface area contributed by atoms with E-state index in [1.165, 1.54) is 43.3 Å². The highest BCUT2D eigenvalue weighted by molar-refractivity contribution is 5.80. The van der Waals surface area contributed by atoms with Gasteiger partial charge >= 0.3 is 0 Å². The summed E-state index contributed by atoms with van der Waals surface area (Å²) in [4.78, 5) is 7.52. The van der Waals surface area contributed by atoms with Crippen molar-refractivity contribution in [3.05, 3.63) is 36.5 Å². The molecule has 0 spiro atoms. The SMILES string of the molecule is CCNC(=NCC1CCN(C2CC2)C1)NCCCn1ccc2ccccc21. The summed E-state index contributed by atoms with van der Waals surface area (Å²) in [6.45, 7) is 8.48. The minimum atomic E-state index is 0.729. The fraction of sp³-hybridized carbons (Fsp3) is 0.591. The van der Waals surface area contributed by atoms with E-state index >= 15 is 0 Å². The van der Waals surface area contributed by atoms with Gasteiger partial charge in [0.25, 0.3) is 0 Å². The minimum absolute atomic E-state index is 0.729. The number of para-hydroxylation sites is 1. The number of aromatic nitrogens is 1. The van der Waals surface area contributed by atoms with Gasteiger partial charge in [0.15, 0.2) is 5.96 Å². The second-order valence-corrected chi connectivity index (χ2v) is 7.95. The zero-order valence-electron chi connectivity index (χ0n) is 16.5. The first-order chi connectivity index (χ1) is 13.3. The zero-order chi connectivity index (χ0) is 18.5. The van der Waals surface area contributed by atoms with Gasteiger partial charge in [-0.3, -0.25) is 4.99 Å². The third-order valence-corrected chi connectivity index (χ3v) is 5.78. The van der Waals surface area contributed by atoms with Crippen LogP contribution in [-0.4, -0.2) is 54.2 Å². The lowest BCUT2D eigenvalue weighted by Crippen LogP contribution is -2.38. The fourth-order valence-corrected chi connectivity index (χ4v) is 4.14. The number of fused-ring (bicyclic) bond motifs is 1. The number of nitrogens with one attached hydrogen (secondary N) is 2. The summed E-state index contributed by atoms with van der Waals surface area (Å²) >= 11 is 0. The van der Waals surface area contributed by atoms with Gasteiger partial charge < -0.3 is 20.1 Å². The molecule has 146 valence electrons. The number of guanidine groups is 1. The van der Waals surface area contributed by atoms with Crippen molar-refractivity contribution in [1.82, 2.24) is 20.1 Å². The van der Waals surface area contributed by atoms with Gasteiger partial charge in [-0.2, -0.15) is 0 Å². The molecule has 1 saturated carbocycles. The zero-order valence-corrected chi connectivity index (χ0v) is 16.5. The normalized spacial score (nSPS) is 21.1. The van der Waals surface area contributed by atoms with Crippen LogP contribution in [0.25, 0.3) is 10.9 Å². The van der Waals surface area contributed by atoms with E-state index < -0.39 is 0 Å². The molecular formula is C22H33N5. The highest BCUT2D eigenvalue weighted by atomic mass is 15.2.